The minimum atomic E-state index is 0.688. The molecule has 0 bridgehead atoms. The number of nitrogens with one attached hydrogen (secondary N) is 1. The van der Waals surface area contributed by atoms with Crippen molar-refractivity contribution >= 4 is 5.95 Å². The molecule has 6 nitrogen and oxygen atoms in total. The van der Waals surface area contributed by atoms with Gasteiger partial charge in [0.2, 0.25) is 5.95 Å². The third-order valence-corrected chi connectivity index (χ3v) is 2.71. The molecule has 98 valence electrons. The Kier molecular flexibility index (Phi) is 4.35. The van der Waals surface area contributed by atoms with Crippen molar-refractivity contribution in [2.75, 3.05) is 25.6 Å². The second-order valence-electron chi connectivity index (χ2n) is 4.14. The van der Waals surface area contributed by atoms with Gasteiger partial charge in [0.15, 0.2) is 0 Å². The highest BCUT2D eigenvalue weighted by Gasteiger charge is 2.02. The van der Waals surface area contributed by atoms with Gasteiger partial charge in [-0.2, -0.15) is 5.10 Å². The molecule has 2 aromatic rings. The quantitative estimate of drug-likeness (QED) is 0.792. The molecule has 1 N–H and O–H groups in total. The Morgan fingerprint density at radius 2 is 2.33 bits per heavy atom. The maximum atomic E-state index is 5.06. The van der Waals surface area contributed by atoms with Gasteiger partial charge in [-0.05, 0) is 12.0 Å². The molecule has 0 unspecified atom stereocenters. The number of methoxy groups -OCH3 is 1. The molecule has 0 radical (unpaired) electrons. The van der Waals surface area contributed by atoms with Crippen LogP contribution in [-0.4, -0.2) is 39.6 Å². The fourth-order valence-electron chi connectivity index (χ4n) is 1.77. The second-order valence-corrected chi connectivity index (χ2v) is 4.14. The summed E-state index contributed by atoms with van der Waals surface area (Å²) in [4.78, 5) is 4.28. The van der Waals surface area contributed by atoms with E-state index in [2.05, 4.69) is 15.4 Å². The van der Waals surface area contributed by atoms with Crippen LogP contribution in [0.5, 0.6) is 0 Å². The van der Waals surface area contributed by atoms with Gasteiger partial charge in [-0.15, -0.1) is 0 Å². The first kappa shape index (κ1) is 12.6. The zero-order valence-electron chi connectivity index (χ0n) is 10.8. The molecule has 0 aliphatic rings. The zero-order valence-corrected chi connectivity index (χ0v) is 10.8. The SMILES string of the molecule is COCCn1ccnc1NCCc1cnn(C)c1. The standard InChI is InChI=1S/C12H19N5O/c1-16-10-11(9-15-16)3-4-13-12-14-5-6-17(12)7-8-18-2/h5-6,9-10H,3-4,7-8H2,1-2H3,(H,13,14). The van der Waals surface area contributed by atoms with E-state index in [1.165, 1.54) is 5.56 Å². The van der Waals surface area contributed by atoms with Crippen LogP contribution in [0, 0.1) is 0 Å². The molecule has 0 spiro atoms. The van der Waals surface area contributed by atoms with E-state index in [1.807, 2.05) is 34.9 Å². The summed E-state index contributed by atoms with van der Waals surface area (Å²) in [6.07, 6.45) is 8.59. The monoisotopic (exact) mass is 249 g/mol. The first-order chi connectivity index (χ1) is 8.79. The van der Waals surface area contributed by atoms with Crippen LogP contribution >= 0.6 is 0 Å². The molecule has 0 atom stereocenters. The molecule has 0 amide bonds. The van der Waals surface area contributed by atoms with Gasteiger partial charge in [0.1, 0.15) is 0 Å². The number of nitrogens with zero attached hydrogens (tertiary/aromatic N) is 4. The van der Waals surface area contributed by atoms with Crippen molar-refractivity contribution in [2.45, 2.75) is 13.0 Å². The van der Waals surface area contributed by atoms with Crippen LogP contribution in [0.3, 0.4) is 0 Å². The maximum Gasteiger partial charge on any atom is 0.202 e. The third-order valence-electron chi connectivity index (χ3n) is 2.71. The topological polar surface area (TPSA) is 56.9 Å². The Labute approximate surface area is 107 Å². The summed E-state index contributed by atoms with van der Waals surface area (Å²) in [6.45, 7) is 2.34. The number of anilines is 1. The van der Waals surface area contributed by atoms with Crippen molar-refractivity contribution in [2.24, 2.45) is 7.05 Å². The number of aryl methyl sites for hydroxylation is 1. The fraction of sp³-hybridized carbons (Fsp3) is 0.500. The number of hydrogen-bond donors (Lipinski definition) is 1. The normalized spacial score (nSPS) is 10.8. The van der Waals surface area contributed by atoms with Gasteiger partial charge >= 0.3 is 0 Å². The summed E-state index contributed by atoms with van der Waals surface area (Å²) in [7, 11) is 3.63. The minimum absolute atomic E-state index is 0.688. The molecule has 2 aromatic heterocycles. The fourth-order valence-corrected chi connectivity index (χ4v) is 1.77. The summed E-state index contributed by atoms with van der Waals surface area (Å²) in [6, 6.07) is 0. The van der Waals surface area contributed by atoms with Crippen LogP contribution < -0.4 is 5.32 Å². The Balaban J connectivity index is 1.81. The smallest absolute Gasteiger partial charge is 0.202 e. The van der Waals surface area contributed by atoms with Gasteiger partial charge in [0.25, 0.3) is 0 Å². The summed E-state index contributed by atoms with van der Waals surface area (Å²) in [5, 5.41) is 7.46. The summed E-state index contributed by atoms with van der Waals surface area (Å²) >= 11 is 0. The third kappa shape index (κ3) is 3.33. The van der Waals surface area contributed by atoms with Crippen molar-refractivity contribution < 1.29 is 4.74 Å². The van der Waals surface area contributed by atoms with Gasteiger partial charge in [0.05, 0.1) is 12.8 Å². The van der Waals surface area contributed by atoms with E-state index in [9.17, 15) is 0 Å². The van der Waals surface area contributed by atoms with Gasteiger partial charge in [-0.3, -0.25) is 4.68 Å². The number of aromatic nitrogens is 4. The molecule has 0 aliphatic carbocycles. The molecule has 6 heteroatoms. The molecule has 2 rings (SSSR count). The van der Waals surface area contributed by atoms with E-state index >= 15 is 0 Å². The highest BCUT2D eigenvalue weighted by atomic mass is 16.5. The Morgan fingerprint density at radius 1 is 1.44 bits per heavy atom. The Morgan fingerprint density at radius 3 is 3.06 bits per heavy atom. The van der Waals surface area contributed by atoms with E-state index in [0.29, 0.717) is 6.61 Å². The highest BCUT2D eigenvalue weighted by molar-refractivity contribution is 5.26. The van der Waals surface area contributed by atoms with Crippen LogP contribution in [0.15, 0.2) is 24.8 Å². The minimum Gasteiger partial charge on any atom is -0.383 e. The van der Waals surface area contributed by atoms with Crippen LogP contribution in [0.25, 0.3) is 0 Å². The lowest BCUT2D eigenvalue weighted by molar-refractivity contribution is 0.187. The van der Waals surface area contributed by atoms with E-state index in [1.54, 1.807) is 13.3 Å². The van der Waals surface area contributed by atoms with Gasteiger partial charge in [-0.1, -0.05) is 0 Å². The van der Waals surface area contributed by atoms with Crippen molar-refractivity contribution in [3.05, 3.63) is 30.4 Å². The van der Waals surface area contributed by atoms with Crippen LogP contribution in [-0.2, 0) is 24.8 Å². The van der Waals surface area contributed by atoms with Crippen LogP contribution in [0.1, 0.15) is 5.56 Å². The van der Waals surface area contributed by atoms with Crippen LogP contribution in [0.2, 0.25) is 0 Å². The molecule has 0 aliphatic heterocycles. The predicted molar refractivity (Wildman–Crippen MR) is 69.5 cm³/mol. The maximum absolute atomic E-state index is 5.06. The molecular formula is C12H19N5O. The molecule has 18 heavy (non-hydrogen) atoms. The number of ether oxygens (including phenoxy) is 1. The van der Waals surface area contributed by atoms with E-state index < -0.39 is 0 Å². The van der Waals surface area contributed by atoms with Crippen molar-refractivity contribution in [1.29, 1.82) is 0 Å². The molecular weight excluding hydrogens is 230 g/mol. The van der Waals surface area contributed by atoms with E-state index in [4.69, 9.17) is 4.74 Å². The predicted octanol–water partition coefficient (Wildman–Crippen LogP) is 0.918. The Hall–Kier alpha value is -1.82. The average molecular weight is 249 g/mol. The Bertz CT molecular complexity index is 476. The molecule has 0 saturated carbocycles. The zero-order chi connectivity index (χ0) is 12.8. The first-order valence-electron chi connectivity index (χ1n) is 6.01. The molecule has 0 fully saturated rings. The second kappa shape index (κ2) is 6.20. The van der Waals surface area contributed by atoms with Crippen molar-refractivity contribution in [1.82, 2.24) is 19.3 Å². The molecule has 0 saturated heterocycles. The van der Waals surface area contributed by atoms with E-state index in [0.717, 1.165) is 25.5 Å². The highest BCUT2D eigenvalue weighted by Crippen LogP contribution is 2.05. The summed E-state index contributed by atoms with van der Waals surface area (Å²) in [5.41, 5.74) is 1.22. The lowest BCUT2D eigenvalue weighted by Crippen LogP contribution is -2.12. The first-order valence-corrected chi connectivity index (χ1v) is 6.01. The van der Waals surface area contributed by atoms with Crippen LogP contribution in [0.4, 0.5) is 5.95 Å². The largest absolute Gasteiger partial charge is 0.383 e. The summed E-state index contributed by atoms with van der Waals surface area (Å²) in [5.74, 6) is 0.885. The van der Waals surface area contributed by atoms with Gasteiger partial charge < -0.3 is 14.6 Å². The number of hydrogen-bond acceptors (Lipinski definition) is 4. The van der Waals surface area contributed by atoms with Gasteiger partial charge in [0, 0.05) is 45.8 Å². The molecule has 2 heterocycles. The summed E-state index contributed by atoms with van der Waals surface area (Å²) < 4.78 is 8.92. The van der Waals surface area contributed by atoms with Gasteiger partial charge in [-0.25, -0.2) is 4.98 Å². The average Bonchev–Trinajstić information content (AvgIpc) is 2.96. The lowest BCUT2D eigenvalue weighted by atomic mass is 10.2. The number of imidazole rings is 1. The number of rotatable bonds is 7. The molecule has 0 aromatic carbocycles. The van der Waals surface area contributed by atoms with E-state index in [-0.39, 0.29) is 0 Å². The van der Waals surface area contributed by atoms with Crippen molar-refractivity contribution in [3.8, 4) is 0 Å². The lowest BCUT2D eigenvalue weighted by Gasteiger charge is -2.08. The van der Waals surface area contributed by atoms with Crippen molar-refractivity contribution in [3.63, 3.8) is 0 Å².